The maximum atomic E-state index is 10.7. The van der Waals surface area contributed by atoms with Crippen LogP contribution in [0.5, 0.6) is 5.75 Å². The topological polar surface area (TPSA) is 49.8 Å². The van der Waals surface area contributed by atoms with Crippen LogP contribution in [-0.2, 0) is 4.79 Å². The van der Waals surface area contributed by atoms with E-state index in [1.165, 1.54) is 0 Å². The van der Waals surface area contributed by atoms with E-state index in [2.05, 4.69) is 13.8 Å². The number of hydrogen-bond acceptors (Lipinski definition) is 3. The normalized spacial score (nSPS) is 11.5. The number of aliphatic carboxylic acids is 1. The average Bonchev–Trinajstić information content (AvgIpc) is 2.36. The molecule has 0 aliphatic rings. The van der Waals surface area contributed by atoms with Crippen molar-refractivity contribution in [1.82, 2.24) is 4.90 Å². The molecule has 0 heterocycles. The van der Waals surface area contributed by atoms with Crippen molar-refractivity contribution in [2.45, 2.75) is 19.8 Å². The largest absolute Gasteiger partial charge is 0.492 e. The van der Waals surface area contributed by atoms with E-state index in [1.807, 2.05) is 37.2 Å². The van der Waals surface area contributed by atoms with Gasteiger partial charge in [-0.25, -0.2) is 4.79 Å². The third-order valence-corrected chi connectivity index (χ3v) is 2.90. The van der Waals surface area contributed by atoms with Gasteiger partial charge in [0.05, 0.1) is 0 Å². The highest BCUT2D eigenvalue weighted by atomic mass is 16.5. The molecule has 0 amide bonds. The van der Waals surface area contributed by atoms with Crippen molar-refractivity contribution in [3.63, 3.8) is 0 Å². The smallest absolute Gasteiger partial charge is 0.328 e. The van der Waals surface area contributed by atoms with Gasteiger partial charge in [-0.3, -0.25) is 0 Å². The van der Waals surface area contributed by atoms with Crippen LogP contribution >= 0.6 is 0 Å². The molecule has 0 radical (unpaired) electrons. The van der Waals surface area contributed by atoms with E-state index in [0.717, 1.165) is 23.7 Å². The minimum Gasteiger partial charge on any atom is -0.492 e. The molecule has 0 unspecified atom stereocenters. The number of carboxylic acids is 1. The van der Waals surface area contributed by atoms with E-state index in [0.29, 0.717) is 18.3 Å². The summed E-state index contributed by atoms with van der Waals surface area (Å²) >= 11 is 0. The lowest BCUT2D eigenvalue weighted by atomic mass is 10.00. The summed E-state index contributed by atoms with van der Waals surface area (Å²) in [6, 6.07) is 5.91. The summed E-state index contributed by atoms with van der Waals surface area (Å²) < 4.78 is 5.73. The van der Waals surface area contributed by atoms with Gasteiger partial charge in [0.25, 0.3) is 0 Å². The number of carboxylic acid groups (broad SMARTS) is 1. The Morgan fingerprint density at radius 2 is 2.10 bits per heavy atom. The number of carbonyl (C=O) groups is 1. The van der Waals surface area contributed by atoms with Gasteiger partial charge in [0, 0.05) is 18.2 Å². The van der Waals surface area contributed by atoms with Crippen LogP contribution in [0.4, 0.5) is 0 Å². The summed E-state index contributed by atoms with van der Waals surface area (Å²) in [5.74, 6) is 0.149. The quantitative estimate of drug-likeness (QED) is 0.779. The SMILES string of the molecule is CC(C)c1ccc(OCCN(C)C)c(/C=C/C(=O)O)c1. The standard InChI is InChI=1S/C16H23NO3/c1-12(2)13-5-7-15(20-10-9-17(3)4)14(11-13)6-8-16(18)19/h5-8,11-12H,9-10H2,1-4H3,(H,18,19)/b8-6+. The predicted octanol–water partition coefficient (Wildman–Crippen LogP) is 2.85. The molecule has 1 aromatic rings. The van der Waals surface area contributed by atoms with Crippen LogP contribution in [-0.4, -0.2) is 43.2 Å². The molecule has 0 aliphatic heterocycles. The number of rotatable bonds is 7. The van der Waals surface area contributed by atoms with E-state index in [9.17, 15) is 4.79 Å². The molecule has 4 nitrogen and oxygen atoms in total. The Bertz CT molecular complexity index is 479. The third kappa shape index (κ3) is 5.45. The molecule has 1 aromatic carbocycles. The van der Waals surface area contributed by atoms with Gasteiger partial charge in [-0.15, -0.1) is 0 Å². The highest BCUT2D eigenvalue weighted by molar-refractivity contribution is 5.86. The van der Waals surface area contributed by atoms with Gasteiger partial charge >= 0.3 is 5.97 Å². The van der Waals surface area contributed by atoms with Gasteiger partial charge in [0.1, 0.15) is 12.4 Å². The molecular weight excluding hydrogens is 254 g/mol. The molecule has 110 valence electrons. The van der Waals surface area contributed by atoms with E-state index < -0.39 is 5.97 Å². The van der Waals surface area contributed by atoms with Crippen LogP contribution in [0.1, 0.15) is 30.9 Å². The number of benzene rings is 1. The maximum absolute atomic E-state index is 10.7. The zero-order valence-corrected chi connectivity index (χ0v) is 12.6. The molecule has 0 spiro atoms. The van der Waals surface area contributed by atoms with Crippen molar-refractivity contribution >= 4 is 12.0 Å². The molecule has 4 heteroatoms. The maximum Gasteiger partial charge on any atom is 0.328 e. The van der Waals surface area contributed by atoms with Crippen LogP contribution in [0, 0.1) is 0 Å². The molecule has 0 aromatic heterocycles. The van der Waals surface area contributed by atoms with Crippen LogP contribution in [0.2, 0.25) is 0 Å². The lowest BCUT2D eigenvalue weighted by molar-refractivity contribution is -0.131. The van der Waals surface area contributed by atoms with Crippen LogP contribution in [0.3, 0.4) is 0 Å². The fraction of sp³-hybridized carbons (Fsp3) is 0.438. The second-order valence-corrected chi connectivity index (χ2v) is 5.28. The molecule has 0 aliphatic carbocycles. The van der Waals surface area contributed by atoms with Crippen molar-refractivity contribution < 1.29 is 14.6 Å². The molecule has 1 rings (SSSR count). The first-order valence-corrected chi connectivity index (χ1v) is 6.72. The van der Waals surface area contributed by atoms with Gasteiger partial charge in [-0.1, -0.05) is 19.9 Å². The van der Waals surface area contributed by atoms with Crippen molar-refractivity contribution in [3.05, 3.63) is 35.4 Å². The minimum atomic E-state index is -0.959. The zero-order valence-electron chi connectivity index (χ0n) is 12.6. The number of ether oxygens (including phenoxy) is 1. The summed E-state index contributed by atoms with van der Waals surface area (Å²) in [5, 5.41) is 8.76. The van der Waals surface area contributed by atoms with Gasteiger partial charge in [-0.2, -0.15) is 0 Å². The Balaban J connectivity index is 2.93. The second kappa shape index (κ2) is 7.70. The Morgan fingerprint density at radius 1 is 1.40 bits per heavy atom. The summed E-state index contributed by atoms with van der Waals surface area (Å²) in [7, 11) is 3.97. The lowest BCUT2D eigenvalue weighted by Crippen LogP contribution is -2.19. The number of hydrogen-bond donors (Lipinski definition) is 1. The van der Waals surface area contributed by atoms with E-state index in [-0.39, 0.29) is 0 Å². The highest BCUT2D eigenvalue weighted by Gasteiger charge is 2.06. The monoisotopic (exact) mass is 277 g/mol. The van der Waals surface area contributed by atoms with E-state index >= 15 is 0 Å². The first-order chi connectivity index (χ1) is 9.40. The summed E-state index contributed by atoms with van der Waals surface area (Å²) in [4.78, 5) is 12.7. The van der Waals surface area contributed by atoms with Crippen molar-refractivity contribution in [1.29, 1.82) is 0 Å². The van der Waals surface area contributed by atoms with Crippen molar-refractivity contribution in [3.8, 4) is 5.75 Å². The summed E-state index contributed by atoms with van der Waals surface area (Å²) in [6.45, 7) is 5.59. The molecule has 0 saturated carbocycles. The van der Waals surface area contributed by atoms with E-state index in [1.54, 1.807) is 6.08 Å². The molecule has 1 N–H and O–H groups in total. The van der Waals surface area contributed by atoms with Crippen molar-refractivity contribution in [2.75, 3.05) is 27.2 Å². The fourth-order valence-electron chi connectivity index (χ4n) is 1.69. The second-order valence-electron chi connectivity index (χ2n) is 5.28. The van der Waals surface area contributed by atoms with Gasteiger partial charge in [-0.05, 0) is 43.8 Å². The summed E-state index contributed by atoms with van der Waals surface area (Å²) in [6.07, 6.45) is 2.72. The van der Waals surface area contributed by atoms with Gasteiger partial charge < -0.3 is 14.7 Å². The average molecular weight is 277 g/mol. The molecule has 0 bridgehead atoms. The Morgan fingerprint density at radius 3 is 2.65 bits per heavy atom. The molecular formula is C16H23NO3. The lowest BCUT2D eigenvalue weighted by Gasteiger charge is -2.14. The van der Waals surface area contributed by atoms with Gasteiger partial charge in [0.15, 0.2) is 0 Å². The Labute approximate surface area is 120 Å². The van der Waals surface area contributed by atoms with E-state index in [4.69, 9.17) is 9.84 Å². The predicted molar refractivity (Wildman–Crippen MR) is 81.2 cm³/mol. The van der Waals surface area contributed by atoms with Gasteiger partial charge in [0.2, 0.25) is 0 Å². The highest BCUT2D eigenvalue weighted by Crippen LogP contribution is 2.25. The molecule has 0 saturated heterocycles. The Hall–Kier alpha value is -1.81. The van der Waals surface area contributed by atoms with Crippen LogP contribution < -0.4 is 4.74 Å². The first-order valence-electron chi connectivity index (χ1n) is 6.72. The third-order valence-electron chi connectivity index (χ3n) is 2.90. The molecule has 0 atom stereocenters. The molecule has 20 heavy (non-hydrogen) atoms. The van der Waals surface area contributed by atoms with Crippen molar-refractivity contribution in [2.24, 2.45) is 0 Å². The zero-order chi connectivity index (χ0) is 15.1. The summed E-state index contributed by atoms with van der Waals surface area (Å²) in [5.41, 5.74) is 1.97. The van der Waals surface area contributed by atoms with Crippen LogP contribution in [0.15, 0.2) is 24.3 Å². The minimum absolute atomic E-state index is 0.391. The Kier molecular flexibility index (Phi) is 6.25. The fourth-order valence-corrected chi connectivity index (χ4v) is 1.69. The number of nitrogens with zero attached hydrogens (tertiary/aromatic N) is 1. The van der Waals surface area contributed by atoms with Crippen LogP contribution in [0.25, 0.3) is 6.08 Å². The first kappa shape index (κ1) is 16.2. The molecule has 0 fully saturated rings. The number of likely N-dealkylation sites (N-methyl/N-ethyl adjacent to an activating group) is 1.